The minimum Gasteiger partial charge on any atom is -0.507 e. The van der Waals surface area contributed by atoms with Gasteiger partial charge in [0.05, 0.1) is 34.5 Å². The predicted molar refractivity (Wildman–Crippen MR) is 114 cm³/mol. The zero-order valence-corrected chi connectivity index (χ0v) is 17.7. The minimum absolute atomic E-state index is 0.0124. The lowest BCUT2D eigenvalue weighted by Crippen LogP contribution is -2.29. The van der Waals surface area contributed by atoms with E-state index in [1.165, 1.54) is 35.4 Å². The Bertz CT molecular complexity index is 1220. The van der Waals surface area contributed by atoms with Crippen LogP contribution in [0.1, 0.15) is 28.5 Å². The Labute approximate surface area is 187 Å². The highest BCUT2D eigenvalue weighted by Crippen LogP contribution is 2.41. The van der Waals surface area contributed by atoms with Gasteiger partial charge >= 0.3 is 0 Å². The summed E-state index contributed by atoms with van der Waals surface area (Å²) in [6.07, 6.45) is 1.45. The number of Topliss-reactive ketones (excluding diaryl/α,β-unsaturated/α-hetero) is 1. The molecular formula is C23H16Cl2FNO4. The van der Waals surface area contributed by atoms with Crippen LogP contribution in [-0.2, 0) is 16.1 Å². The van der Waals surface area contributed by atoms with Gasteiger partial charge < -0.3 is 14.4 Å². The van der Waals surface area contributed by atoms with E-state index in [0.717, 1.165) is 6.07 Å². The van der Waals surface area contributed by atoms with E-state index in [1.54, 1.807) is 25.1 Å². The Hall–Kier alpha value is -3.09. The number of benzene rings is 2. The normalized spacial score (nSPS) is 18.1. The van der Waals surface area contributed by atoms with Gasteiger partial charge in [-0.1, -0.05) is 41.4 Å². The summed E-state index contributed by atoms with van der Waals surface area (Å²) in [6.45, 7) is 1.57. The summed E-state index contributed by atoms with van der Waals surface area (Å²) in [5.41, 5.74) is 0.771. The average Bonchev–Trinajstić information content (AvgIpc) is 3.34. The highest BCUT2D eigenvalue weighted by molar-refractivity contribution is 6.46. The molecule has 1 aromatic heterocycles. The van der Waals surface area contributed by atoms with Crippen LogP contribution in [0.2, 0.25) is 10.0 Å². The molecular weight excluding hydrogens is 444 g/mol. The van der Waals surface area contributed by atoms with Gasteiger partial charge in [-0.3, -0.25) is 9.59 Å². The van der Waals surface area contributed by atoms with Crippen LogP contribution in [0.5, 0.6) is 0 Å². The van der Waals surface area contributed by atoms with Crippen molar-refractivity contribution in [3.8, 4) is 0 Å². The number of aryl methyl sites for hydroxylation is 1. The van der Waals surface area contributed by atoms with E-state index in [0.29, 0.717) is 21.9 Å². The molecule has 2 aromatic carbocycles. The van der Waals surface area contributed by atoms with E-state index in [1.807, 2.05) is 0 Å². The van der Waals surface area contributed by atoms with Crippen LogP contribution in [0, 0.1) is 12.7 Å². The van der Waals surface area contributed by atoms with Gasteiger partial charge in [-0.05, 0) is 48.4 Å². The zero-order chi connectivity index (χ0) is 22.3. The number of rotatable bonds is 4. The summed E-state index contributed by atoms with van der Waals surface area (Å²) in [4.78, 5) is 27.1. The van der Waals surface area contributed by atoms with Gasteiger partial charge in [0.2, 0.25) is 0 Å². The lowest BCUT2D eigenvalue weighted by molar-refractivity contribution is -0.140. The summed E-state index contributed by atoms with van der Waals surface area (Å²) in [5.74, 6) is -2.27. The first-order chi connectivity index (χ1) is 14.8. The van der Waals surface area contributed by atoms with Gasteiger partial charge in [-0.15, -0.1) is 0 Å². The average molecular weight is 460 g/mol. The van der Waals surface area contributed by atoms with E-state index in [-0.39, 0.29) is 22.7 Å². The maximum Gasteiger partial charge on any atom is 0.296 e. The van der Waals surface area contributed by atoms with E-state index < -0.39 is 29.3 Å². The number of hydrogen-bond acceptors (Lipinski definition) is 4. The molecule has 5 nitrogen and oxygen atoms in total. The zero-order valence-electron chi connectivity index (χ0n) is 16.2. The van der Waals surface area contributed by atoms with Crippen LogP contribution in [0.15, 0.2) is 64.8 Å². The van der Waals surface area contributed by atoms with Gasteiger partial charge in [0, 0.05) is 5.56 Å². The Morgan fingerprint density at radius 1 is 1.13 bits per heavy atom. The molecule has 0 saturated carbocycles. The molecule has 4 rings (SSSR count). The van der Waals surface area contributed by atoms with Gasteiger partial charge in [0.25, 0.3) is 11.7 Å². The van der Waals surface area contributed by atoms with Gasteiger partial charge in [0.1, 0.15) is 17.3 Å². The van der Waals surface area contributed by atoms with E-state index in [2.05, 4.69) is 0 Å². The van der Waals surface area contributed by atoms with Crippen molar-refractivity contribution in [1.82, 2.24) is 4.90 Å². The molecule has 0 aliphatic carbocycles. The fourth-order valence-corrected chi connectivity index (χ4v) is 3.84. The van der Waals surface area contributed by atoms with Crippen LogP contribution in [0.4, 0.5) is 4.39 Å². The fourth-order valence-electron chi connectivity index (χ4n) is 3.54. The third-order valence-corrected chi connectivity index (χ3v) is 5.89. The van der Waals surface area contributed by atoms with Crippen LogP contribution in [-0.4, -0.2) is 21.7 Å². The number of amides is 1. The Morgan fingerprint density at radius 2 is 1.90 bits per heavy atom. The summed E-state index contributed by atoms with van der Waals surface area (Å²) >= 11 is 12.2. The molecule has 158 valence electrons. The molecule has 1 N–H and O–H groups in total. The quantitative estimate of drug-likeness (QED) is 0.310. The number of furan rings is 1. The molecule has 1 atom stereocenters. The maximum absolute atomic E-state index is 14.1. The lowest BCUT2D eigenvalue weighted by atomic mass is 9.95. The maximum atomic E-state index is 14.1. The third kappa shape index (κ3) is 3.84. The van der Waals surface area contributed by atoms with Crippen LogP contribution in [0.25, 0.3) is 5.76 Å². The van der Waals surface area contributed by atoms with Crippen LogP contribution >= 0.6 is 23.2 Å². The summed E-state index contributed by atoms with van der Waals surface area (Å²) < 4.78 is 19.4. The largest absolute Gasteiger partial charge is 0.507 e. The number of aliphatic hydroxyl groups excluding tert-OH is 1. The van der Waals surface area contributed by atoms with E-state index in [9.17, 15) is 19.1 Å². The van der Waals surface area contributed by atoms with Gasteiger partial charge in [-0.25, -0.2) is 4.39 Å². The van der Waals surface area contributed by atoms with Crippen molar-refractivity contribution in [2.75, 3.05) is 0 Å². The Kier molecular flexibility index (Phi) is 5.60. The monoisotopic (exact) mass is 459 g/mol. The van der Waals surface area contributed by atoms with Crippen molar-refractivity contribution < 1.29 is 23.5 Å². The third-order valence-electron chi connectivity index (χ3n) is 5.15. The molecule has 8 heteroatoms. The molecule has 1 unspecified atom stereocenters. The fraction of sp³-hybridized carbons (Fsp3) is 0.130. The van der Waals surface area contributed by atoms with Gasteiger partial charge in [0.15, 0.2) is 0 Å². The SMILES string of the molecule is Cc1ccc(/C(O)=C2\C(=O)C(=O)N(Cc3ccco3)C2c2ccc(Cl)c(Cl)c2)cc1F. The molecule has 0 bridgehead atoms. The number of carbonyl (C=O) groups excluding carboxylic acids is 2. The molecule has 3 aromatic rings. The molecule has 31 heavy (non-hydrogen) atoms. The van der Waals surface area contributed by atoms with Crippen molar-refractivity contribution in [2.45, 2.75) is 19.5 Å². The van der Waals surface area contributed by atoms with Crippen molar-refractivity contribution in [3.63, 3.8) is 0 Å². The van der Waals surface area contributed by atoms with Crippen molar-refractivity contribution >= 4 is 40.7 Å². The van der Waals surface area contributed by atoms with E-state index in [4.69, 9.17) is 27.6 Å². The molecule has 0 radical (unpaired) electrons. The Balaban J connectivity index is 1.90. The Morgan fingerprint density at radius 3 is 2.55 bits per heavy atom. The topological polar surface area (TPSA) is 70.8 Å². The van der Waals surface area contributed by atoms with Crippen molar-refractivity contribution in [2.24, 2.45) is 0 Å². The summed E-state index contributed by atoms with van der Waals surface area (Å²) in [7, 11) is 0. The second-order valence-electron chi connectivity index (χ2n) is 7.14. The first kappa shape index (κ1) is 21.2. The number of likely N-dealkylation sites (tertiary alicyclic amines) is 1. The first-order valence-corrected chi connectivity index (χ1v) is 10.1. The molecule has 1 amide bonds. The van der Waals surface area contributed by atoms with Crippen LogP contribution < -0.4 is 0 Å². The molecule has 0 spiro atoms. The van der Waals surface area contributed by atoms with Crippen molar-refractivity contribution in [1.29, 1.82) is 0 Å². The number of ketones is 1. The molecule has 1 aliphatic rings. The standard InChI is InChI=1S/C23H16Cl2FNO4/c1-12-4-5-14(10-18(12)26)21(28)19-20(13-6-7-16(24)17(25)9-13)27(23(30)22(19)29)11-15-3-2-8-31-15/h2-10,20,28H,11H2,1H3/b21-19+. The molecule has 1 fully saturated rings. The molecule has 2 heterocycles. The first-order valence-electron chi connectivity index (χ1n) is 9.30. The van der Waals surface area contributed by atoms with Gasteiger partial charge in [-0.2, -0.15) is 0 Å². The number of carbonyl (C=O) groups is 2. The predicted octanol–water partition coefficient (Wildman–Crippen LogP) is 5.66. The van der Waals surface area contributed by atoms with Crippen LogP contribution in [0.3, 0.4) is 0 Å². The second-order valence-corrected chi connectivity index (χ2v) is 7.96. The summed E-state index contributed by atoms with van der Waals surface area (Å²) in [5, 5.41) is 11.5. The minimum atomic E-state index is -0.968. The number of nitrogens with zero attached hydrogens (tertiary/aromatic N) is 1. The number of hydrogen-bond donors (Lipinski definition) is 1. The summed E-state index contributed by atoms with van der Waals surface area (Å²) in [6, 6.07) is 11.1. The smallest absolute Gasteiger partial charge is 0.296 e. The highest BCUT2D eigenvalue weighted by atomic mass is 35.5. The second kappa shape index (κ2) is 8.21. The van der Waals surface area contributed by atoms with Crippen molar-refractivity contribution in [3.05, 3.63) is 98.7 Å². The molecule has 1 aliphatic heterocycles. The molecule has 1 saturated heterocycles. The number of aliphatic hydroxyl groups is 1. The lowest BCUT2D eigenvalue weighted by Gasteiger charge is -2.24. The number of halogens is 3. The van der Waals surface area contributed by atoms with E-state index >= 15 is 0 Å². The highest BCUT2D eigenvalue weighted by Gasteiger charge is 2.46.